The van der Waals surface area contributed by atoms with Crippen molar-refractivity contribution < 1.29 is 19.4 Å². The molecule has 0 aliphatic heterocycles. The largest absolute Gasteiger partial charge is 0.546 e. The molecule has 5 nitrogen and oxygen atoms in total. The Morgan fingerprint density at radius 1 is 1.09 bits per heavy atom. The first-order chi connectivity index (χ1) is 10.5. The number of benzene rings is 2. The Labute approximate surface area is 132 Å². The maximum atomic E-state index is 12.1. The Hall–Kier alpha value is -2.53. The highest BCUT2D eigenvalue weighted by molar-refractivity contribution is 6.30. The monoisotopic (exact) mass is 318 g/mol. The Morgan fingerprint density at radius 3 is 2.23 bits per heavy atom. The van der Waals surface area contributed by atoms with E-state index in [2.05, 4.69) is 5.32 Å². The van der Waals surface area contributed by atoms with Crippen molar-refractivity contribution in [1.82, 2.24) is 0 Å². The van der Waals surface area contributed by atoms with E-state index in [1.807, 2.05) is 0 Å². The summed E-state index contributed by atoms with van der Waals surface area (Å²) in [5, 5.41) is 13.9. The Balaban J connectivity index is 2.01. The van der Waals surface area contributed by atoms with Crippen molar-refractivity contribution in [3.63, 3.8) is 0 Å². The number of carbonyl (C=O) groups is 2. The molecule has 0 saturated heterocycles. The number of ether oxygens (including phenoxy) is 1. The highest BCUT2D eigenvalue weighted by Crippen LogP contribution is 2.17. The van der Waals surface area contributed by atoms with Crippen LogP contribution < -0.4 is 15.2 Å². The normalized spacial score (nSPS) is 11.5. The molecule has 0 fully saturated rings. The van der Waals surface area contributed by atoms with Gasteiger partial charge in [-0.3, -0.25) is 4.79 Å². The third kappa shape index (κ3) is 4.23. The summed E-state index contributed by atoms with van der Waals surface area (Å²) in [6.45, 7) is 1.37. The van der Waals surface area contributed by atoms with Gasteiger partial charge in [-0.05, 0) is 55.5 Å². The number of carboxylic acid groups (broad SMARTS) is 1. The number of carbonyl (C=O) groups excluding carboxylic acids is 2. The van der Waals surface area contributed by atoms with Crippen LogP contribution in [-0.4, -0.2) is 18.0 Å². The van der Waals surface area contributed by atoms with E-state index >= 15 is 0 Å². The van der Waals surface area contributed by atoms with Crippen LogP contribution in [0.4, 0.5) is 5.69 Å². The highest BCUT2D eigenvalue weighted by Gasteiger charge is 2.08. The predicted molar refractivity (Wildman–Crippen MR) is 80.9 cm³/mol. The summed E-state index contributed by atoms with van der Waals surface area (Å²) in [5.74, 6) is -1.24. The number of carboxylic acids is 1. The second-order valence-corrected chi connectivity index (χ2v) is 5.00. The van der Waals surface area contributed by atoms with Crippen molar-refractivity contribution in [2.45, 2.75) is 13.0 Å². The van der Waals surface area contributed by atoms with Gasteiger partial charge in [0.15, 0.2) is 0 Å². The summed E-state index contributed by atoms with van der Waals surface area (Å²) < 4.78 is 5.13. The van der Waals surface area contributed by atoms with Crippen LogP contribution in [0.2, 0.25) is 5.02 Å². The van der Waals surface area contributed by atoms with Crippen LogP contribution in [0.25, 0.3) is 0 Å². The lowest BCUT2D eigenvalue weighted by Crippen LogP contribution is -2.37. The number of amides is 1. The third-order valence-electron chi connectivity index (χ3n) is 2.86. The summed E-state index contributed by atoms with van der Waals surface area (Å²) in [5.41, 5.74) is 1.05. The average molecular weight is 319 g/mol. The summed E-state index contributed by atoms with van der Waals surface area (Å²) >= 11 is 5.77. The van der Waals surface area contributed by atoms with Crippen LogP contribution in [0.3, 0.4) is 0 Å². The zero-order valence-electron chi connectivity index (χ0n) is 11.7. The molecule has 114 valence electrons. The first kappa shape index (κ1) is 15.9. The van der Waals surface area contributed by atoms with Crippen LogP contribution in [0.5, 0.6) is 5.75 Å². The number of halogens is 1. The van der Waals surface area contributed by atoms with Gasteiger partial charge in [0, 0.05) is 16.3 Å². The van der Waals surface area contributed by atoms with Gasteiger partial charge in [0.1, 0.15) is 11.9 Å². The maximum absolute atomic E-state index is 12.1. The van der Waals surface area contributed by atoms with Crippen molar-refractivity contribution in [3.8, 4) is 5.75 Å². The summed E-state index contributed by atoms with van der Waals surface area (Å²) in [6.07, 6.45) is -1.06. The maximum Gasteiger partial charge on any atom is 0.255 e. The van der Waals surface area contributed by atoms with Crippen LogP contribution in [-0.2, 0) is 4.79 Å². The molecule has 6 heteroatoms. The molecule has 0 spiro atoms. The van der Waals surface area contributed by atoms with Gasteiger partial charge in [0.25, 0.3) is 5.91 Å². The molecule has 0 aromatic heterocycles. The second kappa shape index (κ2) is 6.95. The molecule has 1 atom stereocenters. The smallest absolute Gasteiger partial charge is 0.255 e. The molecule has 0 bridgehead atoms. The van der Waals surface area contributed by atoms with Gasteiger partial charge >= 0.3 is 0 Å². The number of hydrogen-bond donors (Lipinski definition) is 1. The van der Waals surface area contributed by atoms with Crippen LogP contribution >= 0.6 is 11.6 Å². The Kier molecular flexibility index (Phi) is 5.01. The zero-order chi connectivity index (χ0) is 16.1. The molecule has 0 unspecified atom stereocenters. The average Bonchev–Trinajstić information content (AvgIpc) is 2.50. The Bertz CT molecular complexity index is 668. The minimum atomic E-state index is -1.30. The van der Waals surface area contributed by atoms with Gasteiger partial charge in [0.2, 0.25) is 0 Å². The summed E-state index contributed by atoms with van der Waals surface area (Å²) in [6, 6.07) is 12.9. The molecular weight excluding hydrogens is 306 g/mol. The molecule has 2 rings (SSSR count). The van der Waals surface area contributed by atoms with Gasteiger partial charge in [-0.1, -0.05) is 11.6 Å². The predicted octanol–water partition coefficient (Wildman–Crippen LogP) is 2.11. The van der Waals surface area contributed by atoms with Crippen LogP contribution in [0.1, 0.15) is 17.3 Å². The number of aliphatic carboxylic acids is 1. The van der Waals surface area contributed by atoms with Gasteiger partial charge in [-0.15, -0.1) is 0 Å². The zero-order valence-corrected chi connectivity index (χ0v) is 12.5. The SMILES string of the molecule is C[C@@H](Oc1ccc(C(=O)Nc2ccc(Cl)cc2)cc1)C(=O)[O-]. The molecule has 2 aromatic rings. The molecule has 0 saturated carbocycles. The van der Waals surface area contributed by atoms with Crippen molar-refractivity contribution in [2.75, 3.05) is 5.32 Å². The highest BCUT2D eigenvalue weighted by atomic mass is 35.5. The van der Waals surface area contributed by atoms with Crippen molar-refractivity contribution >= 4 is 29.2 Å². The van der Waals surface area contributed by atoms with Gasteiger partial charge in [-0.2, -0.15) is 0 Å². The van der Waals surface area contributed by atoms with Gasteiger partial charge < -0.3 is 20.0 Å². The first-order valence-electron chi connectivity index (χ1n) is 6.50. The van der Waals surface area contributed by atoms with E-state index < -0.39 is 12.1 Å². The fraction of sp³-hybridized carbons (Fsp3) is 0.125. The van der Waals surface area contributed by atoms with Crippen molar-refractivity contribution in [3.05, 3.63) is 59.1 Å². The number of nitrogens with one attached hydrogen (secondary N) is 1. The van der Waals surface area contributed by atoms with Crippen LogP contribution in [0.15, 0.2) is 48.5 Å². The molecule has 0 radical (unpaired) electrons. The minimum absolute atomic E-state index is 0.290. The lowest BCUT2D eigenvalue weighted by atomic mass is 10.2. The molecular formula is C16H13ClNO4-. The summed E-state index contributed by atoms with van der Waals surface area (Å²) in [7, 11) is 0. The quantitative estimate of drug-likeness (QED) is 0.915. The van der Waals surface area contributed by atoms with Gasteiger partial charge in [-0.25, -0.2) is 0 Å². The van der Waals surface area contributed by atoms with E-state index in [0.29, 0.717) is 22.0 Å². The molecule has 1 amide bonds. The van der Waals surface area contributed by atoms with E-state index in [9.17, 15) is 14.7 Å². The number of rotatable bonds is 5. The van der Waals surface area contributed by atoms with E-state index in [-0.39, 0.29) is 5.91 Å². The number of hydrogen-bond acceptors (Lipinski definition) is 4. The fourth-order valence-corrected chi connectivity index (χ4v) is 1.80. The standard InChI is InChI=1S/C16H14ClNO4/c1-10(16(20)21)22-14-8-2-11(3-9-14)15(19)18-13-6-4-12(17)5-7-13/h2-10H,1H3,(H,18,19)(H,20,21)/p-1/t10-/m1/s1. The van der Waals surface area contributed by atoms with E-state index in [1.165, 1.54) is 19.1 Å². The topological polar surface area (TPSA) is 78.5 Å². The third-order valence-corrected chi connectivity index (χ3v) is 3.12. The second-order valence-electron chi connectivity index (χ2n) is 4.56. The lowest BCUT2D eigenvalue weighted by Gasteiger charge is -2.15. The molecule has 22 heavy (non-hydrogen) atoms. The molecule has 0 heterocycles. The fourth-order valence-electron chi connectivity index (χ4n) is 1.67. The molecule has 2 aromatic carbocycles. The minimum Gasteiger partial charge on any atom is -0.546 e. The first-order valence-corrected chi connectivity index (χ1v) is 6.88. The van der Waals surface area contributed by atoms with E-state index in [1.54, 1.807) is 36.4 Å². The Morgan fingerprint density at radius 2 is 1.68 bits per heavy atom. The van der Waals surface area contributed by atoms with Crippen molar-refractivity contribution in [2.24, 2.45) is 0 Å². The summed E-state index contributed by atoms with van der Waals surface area (Å²) in [4.78, 5) is 22.6. The van der Waals surface area contributed by atoms with Crippen molar-refractivity contribution in [1.29, 1.82) is 0 Å². The molecule has 0 aliphatic carbocycles. The van der Waals surface area contributed by atoms with E-state index in [0.717, 1.165) is 0 Å². The molecule has 0 aliphatic rings. The number of anilines is 1. The molecule has 1 N–H and O–H groups in total. The lowest BCUT2D eigenvalue weighted by molar-refractivity contribution is -0.312. The van der Waals surface area contributed by atoms with E-state index in [4.69, 9.17) is 16.3 Å². The van der Waals surface area contributed by atoms with Crippen LogP contribution in [0, 0.1) is 0 Å². The van der Waals surface area contributed by atoms with Gasteiger partial charge in [0.05, 0.1) is 5.97 Å².